The van der Waals surface area contributed by atoms with E-state index in [4.69, 9.17) is 9.72 Å². The number of aromatic nitrogens is 1. The Kier molecular flexibility index (Phi) is 6.63. The topological polar surface area (TPSA) is 74.8 Å². The molecule has 8 heteroatoms. The Morgan fingerprint density at radius 3 is 2.67 bits per heavy atom. The summed E-state index contributed by atoms with van der Waals surface area (Å²) in [6.45, 7) is 3.89. The standard InChI is InChI=1S/C28H32N4O3S/c33-27(31-13-15-35-16-14-31)26-8-7-25(36-26)20-17-23-22(5-6-24(23)29-18-20)19-9-11-32(12-10-19)28(34)30-21-3-1-2-4-21/h5,7-9,17-18,21H,1-4,6,10-16H2,(H,30,34). The SMILES string of the molecule is O=C(NC1CCCC1)N1CC=C(C2=CCc3ncc(-c4ccc(C(=O)N5CCOCC5)s4)cc32)CC1. The summed E-state index contributed by atoms with van der Waals surface area (Å²) in [5, 5.41) is 3.21. The molecule has 4 heterocycles. The van der Waals surface area contributed by atoms with Crippen LogP contribution in [0.5, 0.6) is 0 Å². The van der Waals surface area contributed by atoms with Crippen molar-refractivity contribution >= 4 is 28.8 Å². The molecule has 6 rings (SSSR count). The molecule has 1 saturated heterocycles. The minimum absolute atomic E-state index is 0.0714. The summed E-state index contributed by atoms with van der Waals surface area (Å²) in [5.74, 6) is 0.0816. The Hall–Kier alpha value is -2.97. The van der Waals surface area contributed by atoms with Crippen LogP contribution >= 0.6 is 11.3 Å². The second kappa shape index (κ2) is 10.2. The molecule has 1 saturated carbocycles. The van der Waals surface area contributed by atoms with E-state index in [0.29, 0.717) is 38.9 Å². The van der Waals surface area contributed by atoms with Gasteiger partial charge in [0, 0.05) is 60.8 Å². The fraction of sp³-hybridized carbons (Fsp3) is 0.464. The van der Waals surface area contributed by atoms with E-state index in [9.17, 15) is 9.59 Å². The van der Waals surface area contributed by atoms with Gasteiger partial charge in [0.15, 0.2) is 0 Å². The summed E-state index contributed by atoms with van der Waals surface area (Å²) in [6.07, 6.45) is 12.7. The Bertz CT molecular complexity index is 1220. The molecule has 0 spiro atoms. The van der Waals surface area contributed by atoms with Gasteiger partial charge in [0.1, 0.15) is 0 Å². The number of fused-ring (bicyclic) bond motifs is 1. The Labute approximate surface area is 215 Å². The quantitative estimate of drug-likeness (QED) is 0.665. The number of thiophene rings is 1. The van der Waals surface area contributed by atoms with Gasteiger partial charge in [-0.25, -0.2) is 4.79 Å². The molecule has 188 valence electrons. The lowest BCUT2D eigenvalue weighted by Crippen LogP contribution is -2.45. The number of carbonyl (C=O) groups is 2. The number of morpholine rings is 1. The van der Waals surface area contributed by atoms with Crippen LogP contribution in [0.25, 0.3) is 16.0 Å². The normalized spacial score (nSPS) is 20.2. The smallest absolute Gasteiger partial charge is 0.317 e. The van der Waals surface area contributed by atoms with Crippen LogP contribution in [0.4, 0.5) is 4.79 Å². The summed E-state index contributed by atoms with van der Waals surface area (Å²) in [5.41, 5.74) is 5.86. The van der Waals surface area contributed by atoms with E-state index >= 15 is 0 Å². The molecule has 2 aromatic heterocycles. The van der Waals surface area contributed by atoms with Crippen molar-refractivity contribution in [3.8, 4) is 10.4 Å². The molecule has 0 radical (unpaired) electrons. The van der Waals surface area contributed by atoms with Crippen molar-refractivity contribution in [2.24, 2.45) is 0 Å². The summed E-state index contributed by atoms with van der Waals surface area (Å²) in [4.78, 5) is 35.9. The first-order valence-electron chi connectivity index (χ1n) is 13.1. The molecule has 2 aliphatic carbocycles. The molecule has 36 heavy (non-hydrogen) atoms. The number of nitrogens with zero attached hydrogens (tertiary/aromatic N) is 3. The van der Waals surface area contributed by atoms with E-state index in [1.807, 2.05) is 28.1 Å². The summed E-state index contributed by atoms with van der Waals surface area (Å²) >= 11 is 1.53. The minimum atomic E-state index is 0.0714. The van der Waals surface area contributed by atoms with Crippen molar-refractivity contribution < 1.29 is 14.3 Å². The largest absolute Gasteiger partial charge is 0.378 e. The van der Waals surface area contributed by atoms with Crippen molar-refractivity contribution in [3.05, 3.63) is 58.3 Å². The van der Waals surface area contributed by atoms with Gasteiger partial charge in [-0.15, -0.1) is 11.3 Å². The molecule has 7 nitrogen and oxygen atoms in total. The number of hydrogen-bond acceptors (Lipinski definition) is 5. The van der Waals surface area contributed by atoms with Crippen LogP contribution < -0.4 is 5.32 Å². The average Bonchev–Trinajstić information content (AvgIpc) is 3.70. The number of nitrogens with one attached hydrogen (secondary N) is 1. The third kappa shape index (κ3) is 4.72. The average molecular weight is 505 g/mol. The number of hydrogen-bond donors (Lipinski definition) is 1. The molecular formula is C28H32N4O3S. The number of allylic oxidation sites excluding steroid dienone is 2. The molecule has 0 bridgehead atoms. The van der Waals surface area contributed by atoms with Gasteiger partial charge in [-0.1, -0.05) is 25.0 Å². The second-order valence-electron chi connectivity index (χ2n) is 9.96. The number of pyridine rings is 1. The minimum Gasteiger partial charge on any atom is -0.378 e. The van der Waals surface area contributed by atoms with Crippen LogP contribution in [0.1, 0.15) is 53.0 Å². The Morgan fingerprint density at radius 2 is 1.89 bits per heavy atom. The first kappa shape index (κ1) is 23.4. The molecule has 3 amide bonds. The lowest BCUT2D eigenvalue weighted by Gasteiger charge is -2.28. The van der Waals surface area contributed by atoms with Crippen LogP contribution in [0.2, 0.25) is 0 Å². The molecule has 0 atom stereocenters. The fourth-order valence-corrected chi connectivity index (χ4v) is 6.56. The maximum Gasteiger partial charge on any atom is 0.317 e. The summed E-state index contributed by atoms with van der Waals surface area (Å²) < 4.78 is 5.38. The molecule has 4 aliphatic rings. The lowest BCUT2D eigenvalue weighted by atomic mass is 9.95. The van der Waals surface area contributed by atoms with E-state index < -0.39 is 0 Å². The molecule has 2 fully saturated rings. The van der Waals surface area contributed by atoms with Crippen LogP contribution in [0.3, 0.4) is 0 Å². The molecular weight excluding hydrogens is 472 g/mol. The zero-order valence-corrected chi connectivity index (χ0v) is 21.3. The highest BCUT2D eigenvalue weighted by Crippen LogP contribution is 2.38. The second-order valence-corrected chi connectivity index (χ2v) is 11.0. The lowest BCUT2D eigenvalue weighted by molar-refractivity contribution is 0.0306. The monoisotopic (exact) mass is 504 g/mol. The molecule has 0 aromatic carbocycles. The third-order valence-electron chi connectivity index (χ3n) is 7.68. The van der Waals surface area contributed by atoms with Crippen molar-refractivity contribution in [2.45, 2.75) is 44.6 Å². The van der Waals surface area contributed by atoms with Crippen LogP contribution in [0.15, 0.2) is 42.1 Å². The summed E-state index contributed by atoms with van der Waals surface area (Å²) in [6, 6.07) is 6.59. The first-order chi connectivity index (χ1) is 17.7. The van der Waals surface area contributed by atoms with Crippen molar-refractivity contribution in [1.29, 1.82) is 0 Å². The van der Waals surface area contributed by atoms with Crippen molar-refractivity contribution in [3.63, 3.8) is 0 Å². The van der Waals surface area contributed by atoms with Gasteiger partial charge in [0.2, 0.25) is 0 Å². The number of ether oxygens (including phenoxy) is 1. The number of urea groups is 1. The third-order valence-corrected chi connectivity index (χ3v) is 8.81. The molecule has 2 aromatic rings. The van der Waals surface area contributed by atoms with Crippen LogP contribution in [0, 0.1) is 0 Å². The Morgan fingerprint density at radius 1 is 1.06 bits per heavy atom. The molecule has 0 unspecified atom stereocenters. The number of rotatable bonds is 4. The zero-order chi connectivity index (χ0) is 24.5. The van der Waals surface area contributed by atoms with Gasteiger partial charge < -0.3 is 19.9 Å². The van der Waals surface area contributed by atoms with Gasteiger partial charge in [0.05, 0.1) is 23.8 Å². The van der Waals surface area contributed by atoms with E-state index in [-0.39, 0.29) is 11.9 Å². The maximum atomic E-state index is 12.9. The molecule has 1 N–H and O–H groups in total. The van der Waals surface area contributed by atoms with Gasteiger partial charge in [-0.2, -0.15) is 0 Å². The van der Waals surface area contributed by atoms with Crippen molar-refractivity contribution in [1.82, 2.24) is 20.1 Å². The van der Waals surface area contributed by atoms with E-state index in [1.165, 1.54) is 40.9 Å². The predicted molar refractivity (Wildman–Crippen MR) is 141 cm³/mol. The maximum absolute atomic E-state index is 12.9. The Balaban J connectivity index is 1.15. The highest BCUT2D eigenvalue weighted by molar-refractivity contribution is 7.17. The highest BCUT2D eigenvalue weighted by Gasteiger charge is 2.26. The van der Waals surface area contributed by atoms with Crippen LogP contribution in [-0.4, -0.2) is 72.2 Å². The van der Waals surface area contributed by atoms with Gasteiger partial charge in [-0.3, -0.25) is 9.78 Å². The molecule has 2 aliphatic heterocycles. The van der Waals surface area contributed by atoms with E-state index in [2.05, 4.69) is 23.5 Å². The number of carbonyl (C=O) groups excluding carboxylic acids is 2. The van der Waals surface area contributed by atoms with Gasteiger partial charge >= 0.3 is 6.03 Å². The predicted octanol–water partition coefficient (Wildman–Crippen LogP) is 4.51. The zero-order valence-electron chi connectivity index (χ0n) is 20.5. The van der Waals surface area contributed by atoms with E-state index in [0.717, 1.165) is 53.2 Å². The highest BCUT2D eigenvalue weighted by atomic mass is 32.1. The number of amides is 3. The van der Waals surface area contributed by atoms with Gasteiger partial charge in [-0.05, 0) is 48.6 Å². The summed E-state index contributed by atoms with van der Waals surface area (Å²) in [7, 11) is 0. The van der Waals surface area contributed by atoms with Crippen LogP contribution in [-0.2, 0) is 11.2 Å². The van der Waals surface area contributed by atoms with Gasteiger partial charge in [0.25, 0.3) is 5.91 Å². The van der Waals surface area contributed by atoms with E-state index in [1.54, 1.807) is 0 Å². The fourth-order valence-electron chi connectivity index (χ4n) is 5.60. The van der Waals surface area contributed by atoms with Crippen molar-refractivity contribution in [2.75, 3.05) is 39.4 Å². The first-order valence-corrected chi connectivity index (χ1v) is 13.9.